The van der Waals surface area contributed by atoms with Gasteiger partial charge in [0.15, 0.2) is 0 Å². The topological polar surface area (TPSA) is 0 Å². The summed E-state index contributed by atoms with van der Waals surface area (Å²) in [5.74, 6) is 0.634. The van der Waals surface area contributed by atoms with Crippen LogP contribution in [-0.4, -0.2) is 0 Å². The first-order chi connectivity index (χ1) is 20.6. The Hall–Kier alpha value is -1.65. The van der Waals surface area contributed by atoms with Gasteiger partial charge in [-0.05, 0) is 11.8 Å². The van der Waals surface area contributed by atoms with E-state index >= 15 is 0 Å². The minimum absolute atomic E-state index is 0. The third-order valence-corrected chi connectivity index (χ3v) is 16.7. The number of thioether (sulfide) groups is 1. The second kappa shape index (κ2) is 14.8. The second-order valence-corrected chi connectivity index (χ2v) is 18.4. The van der Waals surface area contributed by atoms with Crippen LogP contribution in [0.4, 0.5) is 0 Å². The minimum Gasteiger partial charge on any atom is -1.00 e. The van der Waals surface area contributed by atoms with Crippen LogP contribution < -0.4 is 24.8 Å². The van der Waals surface area contributed by atoms with Gasteiger partial charge in [-0.15, -0.1) is 0 Å². The van der Waals surface area contributed by atoms with Gasteiger partial charge in [0.25, 0.3) is 0 Å². The molecule has 2 aromatic heterocycles. The number of allylic oxidation sites excluding steroid dienone is 8. The van der Waals surface area contributed by atoms with Crippen LogP contribution in [0.3, 0.4) is 0 Å². The van der Waals surface area contributed by atoms with Gasteiger partial charge in [-0.3, -0.25) is 0 Å². The van der Waals surface area contributed by atoms with Gasteiger partial charge in [0.2, 0.25) is 0 Å². The summed E-state index contributed by atoms with van der Waals surface area (Å²) in [7, 11) is 0. The van der Waals surface area contributed by atoms with Crippen molar-refractivity contribution < 1.29 is 48.0 Å². The summed E-state index contributed by atoms with van der Waals surface area (Å²) < 4.78 is 1.19. The van der Waals surface area contributed by atoms with Crippen molar-refractivity contribution in [2.45, 2.75) is 40.9 Å². The standard InChI is InChI=1S/2C15H13S.C8H8S.2ClH.Zr/c2*1-2-14-7-8-15(16-14)13-9-11-5-3-4-6-12(11)10-13;1-6-5-7-3-2-4-8(7)9-6;;;/h2*3-10H,2H2,1H3;2-5,7H,1H3;2*1H;/q;;;;;+2/p-2. The average Bonchev–Trinajstić information content (AvgIpc) is 3.85. The zero-order valence-corrected chi connectivity index (χ0v) is 31.4. The van der Waals surface area contributed by atoms with Crippen LogP contribution in [0.5, 0.6) is 0 Å². The van der Waals surface area contributed by atoms with Crippen molar-refractivity contribution in [3.8, 4) is 0 Å². The van der Waals surface area contributed by atoms with Gasteiger partial charge < -0.3 is 24.8 Å². The first kappa shape index (κ1) is 33.7. The molecule has 0 spiro atoms. The van der Waals surface area contributed by atoms with E-state index in [-0.39, 0.29) is 24.8 Å². The van der Waals surface area contributed by atoms with Crippen LogP contribution in [0.1, 0.15) is 69.8 Å². The SMILES string of the molecule is CC1=CC2C=CC=C2S1.CCc1ccc(C2=Cc3ccccc3[CH]2[Zr+2][CH]2C(c3ccc(CC)s3)=Cc3ccccc32)s1.[Cl-].[Cl-]. The zero-order valence-electron chi connectivity index (χ0n) is 25.0. The van der Waals surface area contributed by atoms with Crippen molar-refractivity contribution in [1.29, 1.82) is 0 Å². The van der Waals surface area contributed by atoms with Crippen LogP contribution in [-0.2, 0) is 36.1 Å². The van der Waals surface area contributed by atoms with Crippen molar-refractivity contribution in [3.63, 3.8) is 0 Å². The molecule has 0 N–H and O–H groups in total. The van der Waals surface area contributed by atoms with E-state index < -0.39 is 23.2 Å². The van der Waals surface area contributed by atoms with E-state index in [1.807, 2.05) is 34.4 Å². The Morgan fingerprint density at radius 3 is 1.68 bits per heavy atom. The monoisotopic (exact) mass is 746 g/mol. The number of aryl methyl sites for hydroxylation is 2. The minimum atomic E-state index is -0.927. The molecule has 0 fully saturated rings. The molecule has 6 heteroatoms. The van der Waals surface area contributed by atoms with Gasteiger partial charge in [-0.1, -0.05) is 36.1 Å². The second-order valence-electron chi connectivity index (χ2n) is 11.1. The third-order valence-electron chi connectivity index (χ3n) is 8.38. The number of benzene rings is 2. The maximum Gasteiger partial charge on any atom is -1.00 e. The van der Waals surface area contributed by atoms with Crippen molar-refractivity contribution >= 4 is 57.7 Å². The molecule has 0 bridgehead atoms. The number of thiophene rings is 2. The molecule has 0 radical (unpaired) electrons. The van der Waals surface area contributed by atoms with Gasteiger partial charge in [-0.2, -0.15) is 0 Å². The molecule has 0 saturated heterocycles. The molecule has 8 rings (SSSR count). The number of halogens is 2. The molecule has 1 aliphatic heterocycles. The van der Waals surface area contributed by atoms with E-state index in [4.69, 9.17) is 0 Å². The third kappa shape index (κ3) is 6.73. The maximum atomic E-state index is 2.50. The number of rotatable bonds is 6. The van der Waals surface area contributed by atoms with E-state index in [1.54, 1.807) is 22.3 Å². The molecular formula is C38H34Cl2S3Zr. The van der Waals surface area contributed by atoms with E-state index in [0.29, 0.717) is 13.2 Å². The molecule has 4 aliphatic rings. The summed E-state index contributed by atoms with van der Waals surface area (Å²) in [4.78, 5) is 8.88. The Kier molecular flexibility index (Phi) is 11.4. The van der Waals surface area contributed by atoms with Crippen LogP contribution in [0, 0.1) is 5.92 Å². The maximum absolute atomic E-state index is 2.50. The Balaban J connectivity index is 0.000000299. The first-order valence-electron chi connectivity index (χ1n) is 14.9. The zero-order chi connectivity index (χ0) is 28.6. The van der Waals surface area contributed by atoms with Crippen LogP contribution in [0.2, 0.25) is 0 Å². The van der Waals surface area contributed by atoms with Crippen LogP contribution in [0.15, 0.2) is 107 Å². The molecule has 0 saturated carbocycles. The molecule has 0 nitrogen and oxygen atoms in total. The van der Waals surface area contributed by atoms with Crippen molar-refractivity contribution in [1.82, 2.24) is 0 Å². The number of fused-ring (bicyclic) bond motifs is 3. The Morgan fingerprint density at radius 2 is 1.20 bits per heavy atom. The fourth-order valence-corrected chi connectivity index (χ4v) is 14.8. The van der Waals surface area contributed by atoms with Gasteiger partial charge in [0.1, 0.15) is 0 Å². The van der Waals surface area contributed by atoms with E-state index in [9.17, 15) is 0 Å². The first-order valence-corrected chi connectivity index (χ1v) is 20.2. The van der Waals surface area contributed by atoms with E-state index in [2.05, 4.69) is 130 Å². The quantitative estimate of drug-likeness (QED) is 0.247. The van der Waals surface area contributed by atoms with Crippen LogP contribution >= 0.6 is 34.4 Å². The number of hydrogen-bond acceptors (Lipinski definition) is 3. The van der Waals surface area contributed by atoms with Crippen LogP contribution in [0.25, 0.3) is 23.3 Å². The molecule has 3 atom stereocenters. The van der Waals surface area contributed by atoms with Crippen molar-refractivity contribution in [3.05, 3.63) is 149 Å². The van der Waals surface area contributed by atoms with Gasteiger partial charge >= 0.3 is 218 Å². The fraction of sp³-hybridized carbons (Fsp3) is 0.211. The average molecular weight is 749 g/mol. The van der Waals surface area contributed by atoms with Gasteiger partial charge in [-0.25, -0.2) is 0 Å². The normalized spacial score (nSPS) is 20.0. The molecule has 2 aromatic carbocycles. The summed E-state index contributed by atoms with van der Waals surface area (Å²) >= 11 is 4.96. The molecule has 4 aromatic rings. The van der Waals surface area contributed by atoms with Crippen molar-refractivity contribution in [2.24, 2.45) is 5.92 Å². The van der Waals surface area contributed by atoms with Gasteiger partial charge in [0, 0.05) is 10.8 Å². The summed E-state index contributed by atoms with van der Waals surface area (Å²) in [5.41, 5.74) is 9.16. The predicted octanol–water partition coefficient (Wildman–Crippen LogP) is 5.62. The summed E-state index contributed by atoms with van der Waals surface area (Å²) in [6, 6.07) is 27.7. The molecule has 0 amide bonds. The molecule has 3 unspecified atom stereocenters. The molecule has 222 valence electrons. The predicted molar refractivity (Wildman–Crippen MR) is 184 cm³/mol. The molecule has 3 aliphatic carbocycles. The fourth-order valence-electron chi connectivity index (χ4n) is 6.23. The molecular weight excluding hydrogens is 715 g/mol. The van der Waals surface area contributed by atoms with E-state index in [1.165, 1.54) is 40.4 Å². The molecule has 3 heterocycles. The van der Waals surface area contributed by atoms with Gasteiger partial charge in [0.05, 0.1) is 0 Å². The van der Waals surface area contributed by atoms with E-state index in [0.717, 1.165) is 12.8 Å². The number of hydrogen-bond donors (Lipinski definition) is 0. The largest absolute Gasteiger partial charge is 1.00 e. The Morgan fingerprint density at radius 1 is 0.682 bits per heavy atom. The summed E-state index contributed by atoms with van der Waals surface area (Å²) in [6.07, 6.45) is 16.1. The smallest absolute Gasteiger partial charge is 1.00 e. The molecule has 44 heavy (non-hydrogen) atoms. The summed E-state index contributed by atoms with van der Waals surface area (Å²) in [5, 5.41) is 0. The summed E-state index contributed by atoms with van der Waals surface area (Å²) in [6.45, 7) is 6.69. The Labute approximate surface area is 298 Å². The van der Waals surface area contributed by atoms with Crippen molar-refractivity contribution in [2.75, 3.05) is 0 Å². The Bertz CT molecular complexity index is 1700.